The molecule has 2 heteroatoms. The molecule has 17 heavy (non-hydrogen) atoms. The van der Waals surface area contributed by atoms with Crippen molar-refractivity contribution in [2.45, 2.75) is 53.9 Å². The Balaban J connectivity index is 2.53. The molecule has 2 atom stereocenters. The summed E-state index contributed by atoms with van der Waals surface area (Å²) in [5.74, 6) is 0.996. The Morgan fingerprint density at radius 3 is 2.47 bits per heavy atom. The van der Waals surface area contributed by atoms with E-state index in [1.807, 2.05) is 0 Å². The molecule has 96 valence electrons. The molecule has 0 aromatic rings. The molecule has 0 aromatic carbocycles. The average Bonchev–Trinajstić information content (AvgIpc) is 2.40. The molecule has 0 bridgehead atoms. The lowest BCUT2D eigenvalue weighted by atomic mass is 9.69. The molecule has 2 nitrogen and oxygen atoms in total. The van der Waals surface area contributed by atoms with Crippen LogP contribution in [0.25, 0.3) is 0 Å². The van der Waals surface area contributed by atoms with E-state index in [0.29, 0.717) is 17.3 Å². The van der Waals surface area contributed by atoms with Gasteiger partial charge in [-0.15, -0.1) is 5.16 Å². The molecular formula is C15H25NO. The van der Waals surface area contributed by atoms with Gasteiger partial charge in [-0.1, -0.05) is 45.8 Å². The van der Waals surface area contributed by atoms with Gasteiger partial charge >= 0.3 is 0 Å². The molecule has 0 fully saturated rings. The van der Waals surface area contributed by atoms with Gasteiger partial charge in [0.25, 0.3) is 0 Å². The summed E-state index contributed by atoms with van der Waals surface area (Å²) in [7, 11) is 0. The van der Waals surface area contributed by atoms with Gasteiger partial charge in [0.2, 0.25) is 0 Å². The molecule has 1 N–H and O–H groups in total. The quantitative estimate of drug-likeness (QED) is 0.313. The third kappa shape index (κ3) is 1.64. The van der Waals surface area contributed by atoms with E-state index in [1.54, 1.807) is 17.4 Å². The maximum absolute atomic E-state index is 8.85. The van der Waals surface area contributed by atoms with Crippen molar-refractivity contribution in [1.82, 2.24) is 0 Å². The monoisotopic (exact) mass is 235 g/mol. The Labute approximate surface area is 105 Å². The molecule has 0 saturated heterocycles. The van der Waals surface area contributed by atoms with E-state index in [9.17, 15) is 0 Å². The van der Waals surface area contributed by atoms with Crippen LogP contribution in [0.2, 0.25) is 0 Å². The number of hydrogen-bond acceptors (Lipinski definition) is 2. The van der Waals surface area contributed by atoms with Gasteiger partial charge in [0.1, 0.15) is 0 Å². The zero-order valence-electron chi connectivity index (χ0n) is 11.7. The van der Waals surface area contributed by atoms with Gasteiger partial charge in [-0.05, 0) is 36.0 Å². The number of nitrogens with zero attached hydrogens (tertiary/aromatic N) is 1. The van der Waals surface area contributed by atoms with E-state index < -0.39 is 0 Å². The summed E-state index contributed by atoms with van der Waals surface area (Å²) in [6.45, 7) is 11.8. The summed E-state index contributed by atoms with van der Waals surface area (Å²) in [6, 6.07) is 0. The molecule has 2 unspecified atom stereocenters. The SMILES string of the molecule is CC1C(C)(C)C2=C(C(/C=N\O)CCC2)C1(C)C. The van der Waals surface area contributed by atoms with Crippen LogP contribution < -0.4 is 0 Å². The first-order chi connectivity index (χ1) is 7.83. The molecule has 2 aliphatic carbocycles. The zero-order valence-corrected chi connectivity index (χ0v) is 11.7. The van der Waals surface area contributed by atoms with E-state index in [4.69, 9.17) is 5.21 Å². The van der Waals surface area contributed by atoms with Crippen LogP contribution >= 0.6 is 0 Å². The Kier molecular flexibility index (Phi) is 2.87. The normalized spacial score (nSPS) is 35.4. The number of hydrogen-bond donors (Lipinski definition) is 1. The molecule has 2 rings (SSSR count). The van der Waals surface area contributed by atoms with Crippen LogP contribution in [0.4, 0.5) is 0 Å². The van der Waals surface area contributed by atoms with Crippen molar-refractivity contribution < 1.29 is 5.21 Å². The molecular weight excluding hydrogens is 210 g/mol. The van der Waals surface area contributed by atoms with Crippen LogP contribution in [0.3, 0.4) is 0 Å². The molecule has 2 aliphatic rings. The number of oxime groups is 1. The summed E-state index contributed by atoms with van der Waals surface area (Å²) >= 11 is 0. The van der Waals surface area contributed by atoms with Crippen molar-refractivity contribution in [2.75, 3.05) is 0 Å². The Morgan fingerprint density at radius 2 is 1.88 bits per heavy atom. The van der Waals surface area contributed by atoms with Gasteiger partial charge in [0, 0.05) is 5.92 Å². The fourth-order valence-electron chi connectivity index (χ4n) is 4.16. The molecule has 0 heterocycles. The predicted octanol–water partition coefficient (Wildman–Crippen LogP) is 4.25. The van der Waals surface area contributed by atoms with Crippen LogP contribution in [0.5, 0.6) is 0 Å². The van der Waals surface area contributed by atoms with Crippen molar-refractivity contribution >= 4 is 6.21 Å². The third-order valence-corrected chi connectivity index (χ3v) is 5.52. The van der Waals surface area contributed by atoms with Crippen LogP contribution in [0, 0.1) is 22.7 Å². The van der Waals surface area contributed by atoms with E-state index in [1.165, 1.54) is 12.8 Å². The fraction of sp³-hybridized carbons (Fsp3) is 0.800. The van der Waals surface area contributed by atoms with E-state index >= 15 is 0 Å². The highest BCUT2D eigenvalue weighted by Gasteiger charge is 2.52. The lowest BCUT2D eigenvalue weighted by Gasteiger charge is -2.35. The van der Waals surface area contributed by atoms with Gasteiger partial charge < -0.3 is 5.21 Å². The summed E-state index contributed by atoms with van der Waals surface area (Å²) in [6.07, 6.45) is 5.33. The molecule has 0 saturated carbocycles. The standard InChI is InChI=1S/C15H25NO/c1-10-14(2,3)12-8-6-7-11(9-16-17)13(12)15(10,4)5/h9-11,17H,6-8H2,1-5H3/b16-9-. The second-order valence-electron chi connectivity index (χ2n) is 6.82. The third-order valence-electron chi connectivity index (χ3n) is 5.52. The first-order valence-electron chi connectivity index (χ1n) is 6.75. The van der Waals surface area contributed by atoms with Gasteiger partial charge in [0.15, 0.2) is 0 Å². The zero-order chi connectivity index (χ0) is 12.8. The highest BCUT2D eigenvalue weighted by Crippen LogP contribution is 2.61. The smallest absolute Gasteiger partial charge is 0.0507 e. The van der Waals surface area contributed by atoms with Gasteiger partial charge in [0.05, 0.1) is 6.21 Å². The van der Waals surface area contributed by atoms with Crippen molar-refractivity contribution in [3.8, 4) is 0 Å². The largest absolute Gasteiger partial charge is 0.411 e. The number of rotatable bonds is 1. The van der Waals surface area contributed by atoms with Gasteiger partial charge in [-0.2, -0.15) is 0 Å². The molecule has 0 aliphatic heterocycles. The van der Waals surface area contributed by atoms with Gasteiger partial charge in [-0.3, -0.25) is 0 Å². The Bertz CT molecular complexity index is 376. The van der Waals surface area contributed by atoms with Gasteiger partial charge in [-0.25, -0.2) is 0 Å². The van der Waals surface area contributed by atoms with Crippen LogP contribution in [-0.4, -0.2) is 11.4 Å². The van der Waals surface area contributed by atoms with Crippen LogP contribution in [0.1, 0.15) is 53.9 Å². The van der Waals surface area contributed by atoms with Crippen molar-refractivity contribution in [3.05, 3.63) is 11.1 Å². The van der Waals surface area contributed by atoms with E-state index in [-0.39, 0.29) is 5.41 Å². The molecule has 0 spiro atoms. The first-order valence-corrected chi connectivity index (χ1v) is 6.75. The van der Waals surface area contributed by atoms with E-state index in [0.717, 1.165) is 6.42 Å². The van der Waals surface area contributed by atoms with E-state index in [2.05, 4.69) is 39.8 Å². The molecule has 0 amide bonds. The fourth-order valence-corrected chi connectivity index (χ4v) is 4.16. The Morgan fingerprint density at radius 1 is 1.24 bits per heavy atom. The first kappa shape index (κ1) is 12.7. The minimum Gasteiger partial charge on any atom is -0.411 e. The van der Waals surface area contributed by atoms with Crippen molar-refractivity contribution in [3.63, 3.8) is 0 Å². The summed E-state index contributed by atoms with van der Waals surface area (Å²) in [5, 5.41) is 12.2. The number of allylic oxidation sites excluding steroid dienone is 2. The lowest BCUT2D eigenvalue weighted by molar-refractivity contribution is 0.185. The second-order valence-corrected chi connectivity index (χ2v) is 6.82. The summed E-state index contributed by atoms with van der Waals surface area (Å²) in [4.78, 5) is 0. The predicted molar refractivity (Wildman–Crippen MR) is 71.4 cm³/mol. The second kappa shape index (κ2) is 3.86. The van der Waals surface area contributed by atoms with Crippen LogP contribution in [0.15, 0.2) is 16.3 Å². The maximum atomic E-state index is 8.85. The summed E-state index contributed by atoms with van der Waals surface area (Å²) in [5.41, 5.74) is 3.71. The van der Waals surface area contributed by atoms with Crippen LogP contribution in [-0.2, 0) is 0 Å². The highest BCUT2D eigenvalue weighted by atomic mass is 16.4. The molecule has 0 aromatic heterocycles. The highest BCUT2D eigenvalue weighted by molar-refractivity contribution is 5.67. The maximum Gasteiger partial charge on any atom is 0.0507 e. The Hall–Kier alpha value is -0.790. The molecule has 0 radical (unpaired) electrons. The lowest BCUT2D eigenvalue weighted by Crippen LogP contribution is -2.29. The minimum absolute atomic E-state index is 0.227. The van der Waals surface area contributed by atoms with Crippen molar-refractivity contribution in [1.29, 1.82) is 0 Å². The minimum atomic E-state index is 0.227. The summed E-state index contributed by atoms with van der Waals surface area (Å²) < 4.78 is 0. The van der Waals surface area contributed by atoms with Crippen molar-refractivity contribution in [2.24, 2.45) is 27.8 Å². The average molecular weight is 235 g/mol. The topological polar surface area (TPSA) is 32.6 Å².